The second-order valence-corrected chi connectivity index (χ2v) is 7.97. The molecule has 7 heteroatoms. The van der Waals surface area contributed by atoms with E-state index in [1.807, 2.05) is 24.3 Å². The molecule has 0 aliphatic carbocycles. The number of nitrogens with zero attached hydrogens (tertiary/aromatic N) is 2. The first kappa shape index (κ1) is 15.3. The van der Waals surface area contributed by atoms with E-state index in [0.29, 0.717) is 0 Å². The maximum Gasteiger partial charge on any atom is 0.231 e. The van der Waals surface area contributed by atoms with Crippen molar-refractivity contribution in [1.29, 1.82) is 0 Å². The quantitative estimate of drug-likeness (QED) is 0.682. The van der Waals surface area contributed by atoms with Gasteiger partial charge in [0, 0.05) is 42.1 Å². The molecule has 2 aliphatic heterocycles. The monoisotopic (exact) mass is 374 g/mol. The zero-order valence-corrected chi connectivity index (χ0v) is 14.9. The number of rotatable bonds is 3. The van der Waals surface area contributed by atoms with Crippen molar-refractivity contribution in [3.8, 4) is 22.8 Å². The van der Waals surface area contributed by atoms with Crippen molar-refractivity contribution in [2.24, 2.45) is 0 Å². The molecule has 1 aromatic carbocycles. The molecule has 0 unspecified atom stereocenters. The normalized spacial score (nSPS) is 16.2. The molecule has 0 amide bonds. The Kier molecular flexibility index (Phi) is 3.69. The van der Waals surface area contributed by atoms with Gasteiger partial charge in [-0.3, -0.25) is 4.90 Å². The van der Waals surface area contributed by atoms with E-state index in [9.17, 15) is 0 Å². The molecular weight excluding hydrogens is 360 g/mol. The molecule has 25 heavy (non-hydrogen) atoms. The summed E-state index contributed by atoms with van der Waals surface area (Å²) in [5, 5.41) is 4.32. The van der Waals surface area contributed by atoms with Crippen LogP contribution in [0.1, 0.15) is 16.2 Å². The maximum atomic E-state index is 6.05. The second-order valence-electron chi connectivity index (χ2n) is 6.17. The van der Waals surface area contributed by atoms with Gasteiger partial charge in [0.15, 0.2) is 11.5 Å². The van der Waals surface area contributed by atoms with Gasteiger partial charge in [0.2, 0.25) is 6.79 Å². The Morgan fingerprint density at radius 2 is 2.08 bits per heavy atom. The fraction of sp³-hybridized carbons (Fsp3) is 0.278. The van der Waals surface area contributed by atoms with Crippen LogP contribution in [-0.4, -0.2) is 23.4 Å². The molecule has 5 rings (SSSR count). The molecule has 2 aromatic heterocycles. The van der Waals surface area contributed by atoms with Crippen LogP contribution < -0.4 is 9.47 Å². The van der Waals surface area contributed by atoms with Crippen LogP contribution in [0.4, 0.5) is 0 Å². The summed E-state index contributed by atoms with van der Waals surface area (Å²) in [4.78, 5) is 3.67. The Morgan fingerprint density at radius 1 is 1.16 bits per heavy atom. The van der Waals surface area contributed by atoms with Crippen LogP contribution in [0.5, 0.6) is 11.5 Å². The number of hydrogen-bond acceptors (Lipinski definition) is 6. The number of thiophene rings is 1. The van der Waals surface area contributed by atoms with Gasteiger partial charge < -0.3 is 14.0 Å². The molecular formula is C18H15ClN2O3S. The van der Waals surface area contributed by atoms with Crippen molar-refractivity contribution in [3.63, 3.8) is 0 Å². The lowest BCUT2D eigenvalue weighted by Gasteiger charge is -2.25. The van der Waals surface area contributed by atoms with E-state index in [1.54, 1.807) is 11.3 Å². The average Bonchev–Trinajstić information content (AvgIpc) is 3.33. The average molecular weight is 375 g/mol. The summed E-state index contributed by atoms with van der Waals surface area (Å²) in [6.45, 7) is 2.94. The first-order chi connectivity index (χ1) is 12.3. The Hall–Kier alpha value is -2.02. The minimum absolute atomic E-state index is 0.271. The Labute approximate surface area is 153 Å². The Balaban J connectivity index is 1.42. The van der Waals surface area contributed by atoms with Crippen LogP contribution in [-0.2, 0) is 19.5 Å². The summed E-state index contributed by atoms with van der Waals surface area (Å²) in [5.74, 6) is 2.51. The lowest BCUT2D eigenvalue weighted by Crippen LogP contribution is -2.29. The highest BCUT2D eigenvalue weighted by Gasteiger charge is 2.26. The third-order valence-electron chi connectivity index (χ3n) is 4.56. The number of aromatic nitrogens is 1. The summed E-state index contributed by atoms with van der Waals surface area (Å²) >= 11 is 7.68. The number of fused-ring (bicyclic) bond motifs is 2. The zero-order valence-electron chi connectivity index (χ0n) is 13.3. The first-order valence-corrected chi connectivity index (χ1v) is 9.30. The molecule has 0 N–H and O–H groups in total. The van der Waals surface area contributed by atoms with E-state index in [-0.39, 0.29) is 6.79 Å². The maximum absolute atomic E-state index is 6.05. The smallest absolute Gasteiger partial charge is 0.231 e. The molecule has 4 heterocycles. The molecule has 0 radical (unpaired) electrons. The molecule has 0 spiro atoms. The van der Waals surface area contributed by atoms with Crippen molar-refractivity contribution in [2.75, 3.05) is 13.3 Å². The predicted octanol–water partition coefficient (Wildman–Crippen LogP) is 4.34. The van der Waals surface area contributed by atoms with Crippen LogP contribution in [0.2, 0.25) is 4.34 Å². The predicted molar refractivity (Wildman–Crippen MR) is 95.2 cm³/mol. The summed E-state index contributed by atoms with van der Waals surface area (Å²) in [6, 6.07) is 9.94. The highest BCUT2D eigenvalue weighted by molar-refractivity contribution is 7.16. The van der Waals surface area contributed by atoms with Gasteiger partial charge in [-0.2, -0.15) is 0 Å². The van der Waals surface area contributed by atoms with Gasteiger partial charge in [0.1, 0.15) is 11.5 Å². The summed E-state index contributed by atoms with van der Waals surface area (Å²) in [6.07, 6.45) is 0.867. The van der Waals surface area contributed by atoms with Crippen LogP contribution in [0.25, 0.3) is 11.3 Å². The molecule has 2 aliphatic rings. The SMILES string of the molecule is Clc1ccc(CN2CCc3onc(-c4ccc5c(c4)OCO5)c3C2)s1. The molecule has 0 saturated carbocycles. The molecule has 5 nitrogen and oxygen atoms in total. The molecule has 128 valence electrons. The Morgan fingerprint density at radius 3 is 2.96 bits per heavy atom. The van der Waals surface area contributed by atoms with Gasteiger partial charge in [-0.05, 0) is 30.3 Å². The second kappa shape index (κ2) is 6.05. The summed E-state index contributed by atoms with van der Waals surface area (Å²) in [5.41, 5.74) is 3.05. The van der Waals surface area contributed by atoms with Gasteiger partial charge >= 0.3 is 0 Å². The van der Waals surface area contributed by atoms with Gasteiger partial charge in [-0.1, -0.05) is 16.8 Å². The van der Waals surface area contributed by atoms with Crippen molar-refractivity contribution < 1.29 is 14.0 Å². The molecule has 0 bridgehead atoms. The van der Waals surface area contributed by atoms with Crippen molar-refractivity contribution in [2.45, 2.75) is 19.5 Å². The summed E-state index contributed by atoms with van der Waals surface area (Å²) in [7, 11) is 0. The van der Waals surface area contributed by atoms with E-state index < -0.39 is 0 Å². The van der Waals surface area contributed by atoms with E-state index in [1.165, 1.54) is 4.88 Å². The number of benzene rings is 1. The van der Waals surface area contributed by atoms with Crippen LogP contribution in [0.3, 0.4) is 0 Å². The number of ether oxygens (including phenoxy) is 2. The first-order valence-electron chi connectivity index (χ1n) is 8.10. The van der Waals surface area contributed by atoms with Gasteiger partial charge in [0.25, 0.3) is 0 Å². The zero-order chi connectivity index (χ0) is 16.8. The largest absolute Gasteiger partial charge is 0.454 e. The molecule has 0 fully saturated rings. The van der Waals surface area contributed by atoms with Gasteiger partial charge in [-0.25, -0.2) is 0 Å². The summed E-state index contributed by atoms with van der Waals surface area (Å²) < 4.78 is 17.3. The number of halogens is 1. The van der Waals surface area contributed by atoms with Gasteiger partial charge in [-0.15, -0.1) is 11.3 Å². The lowest BCUT2D eigenvalue weighted by atomic mass is 10.0. The fourth-order valence-corrected chi connectivity index (χ4v) is 4.46. The van der Waals surface area contributed by atoms with E-state index >= 15 is 0 Å². The number of hydrogen-bond donors (Lipinski definition) is 0. The standard InChI is InChI=1S/C18H15ClN2O3S/c19-17-4-2-12(25-17)8-21-6-5-14-13(9-21)18(20-24-14)11-1-3-15-16(7-11)23-10-22-15/h1-4,7H,5-6,8-10H2. The fourth-order valence-electron chi connectivity index (χ4n) is 3.33. The van der Waals surface area contributed by atoms with Crippen molar-refractivity contribution in [3.05, 3.63) is 50.9 Å². The van der Waals surface area contributed by atoms with Gasteiger partial charge in [0.05, 0.1) is 4.34 Å². The lowest BCUT2D eigenvalue weighted by molar-refractivity contribution is 0.174. The van der Waals surface area contributed by atoms with Crippen molar-refractivity contribution >= 4 is 22.9 Å². The van der Waals surface area contributed by atoms with E-state index in [4.69, 9.17) is 25.6 Å². The van der Waals surface area contributed by atoms with Crippen molar-refractivity contribution in [1.82, 2.24) is 10.1 Å². The topological polar surface area (TPSA) is 47.7 Å². The molecule has 0 atom stereocenters. The van der Waals surface area contributed by atoms with Crippen LogP contribution >= 0.6 is 22.9 Å². The van der Waals surface area contributed by atoms with Crippen LogP contribution in [0.15, 0.2) is 34.9 Å². The van der Waals surface area contributed by atoms with E-state index in [2.05, 4.69) is 16.1 Å². The minimum Gasteiger partial charge on any atom is -0.454 e. The highest BCUT2D eigenvalue weighted by Crippen LogP contribution is 2.38. The molecule has 0 saturated heterocycles. The Bertz CT molecular complexity index is 936. The van der Waals surface area contributed by atoms with Crippen LogP contribution in [0, 0.1) is 0 Å². The third kappa shape index (κ3) is 2.80. The highest BCUT2D eigenvalue weighted by atomic mass is 35.5. The molecule has 3 aromatic rings. The minimum atomic E-state index is 0.271. The van der Waals surface area contributed by atoms with E-state index in [0.717, 1.165) is 64.5 Å². The third-order valence-corrected chi connectivity index (χ3v) is 5.78.